The maximum atomic E-state index is 2.43. The zero-order valence-electron chi connectivity index (χ0n) is 12.9. The monoisotopic (exact) mass is 286 g/mol. The van der Waals surface area contributed by atoms with Crippen molar-refractivity contribution in [2.24, 2.45) is 23.7 Å². The fraction of sp³-hybridized carbons (Fsp3) is 0.455. The molecule has 2 aromatic rings. The third-order valence-electron chi connectivity index (χ3n) is 8.08. The highest BCUT2D eigenvalue weighted by atomic mass is 14.9. The van der Waals surface area contributed by atoms with E-state index in [1.165, 1.54) is 25.7 Å². The molecular formula is C22H22. The fourth-order valence-electron chi connectivity index (χ4n) is 8.05. The summed E-state index contributed by atoms with van der Waals surface area (Å²) in [7, 11) is 0. The highest BCUT2D eigenvalue weighted by molar-refractivity contribution is 5.57. The van der Waals surface area contributed by atoms with E-state index in [2.05, 4.69) is 60.7 Å². The van der Waals surface area contributed by atoms with Crippen molar-refractivity contribution in [3.63, 3.8) is 0 Å². The third kappa shape index (κ3) is 0.935. The van der Waals surface area contributed by atoms with Crippen LogP contribution in [0.1, 0.15) is 36.8 Å². The second-order valence-electron chi connectivity index (χ2n) is 8.05. The summed E-state index contributed by atoms with van der Waals surface area (Å²) in [6.45, 7) is 0. The minimum absolute atomic E-state index is 0.488. The number of hydrogen-bond acceptors (Lipinski definition) is 0. The molecule has 4 aliphatic carbocycles. The van der Waals surface area contributed by atoms with Gasteiger partial charge in [-0.2, -0.15) is 0 Å². The Morgan fingerprint density at radius 3 is 1.14 bits per heavy atom. The molecule has 6 atom stereocenters. The van der Waals surface area contributed by atoms with Gasteiger partial charge < -0.3 is 0 Å². The van der Waals surface area contributed by atoms with Crippen LogP contribution >= 0.6 is 0 Å². The summed E-state index contributed by atoms with van der Waals surface area (Å²) in [5.41, 5.74) is 4.28. The molecule has 0 heterocycles. The molecule has 0 saturated heterocycles. The smallest absolute Gasteiger partial charge is 0.0118 e. The number of rotatable bonds is 2. The molecule has 0 spiro atoms. The topological polar surface area (TPSA) is 0 Å². The molecule has 0 aliphatic heterocycles. The first kappa shape index (κ1) is 11.9. The Morgan fingerprint density at radius 2 is 0.818 bits per heavy atom. The first-order valence-electron chi connectivity index (χ1n) is 9.03. The van der Waals surface area contributed by atoms with Gasteiger partial charge in [0.25, 0.3) is 0 Å². The van der Waals surface area contributed by atoms with Crippen LogP contribution in [0.4, 0.5) is 0 Å². The summed E-state index contributed by atoms with van der Waals surface area (Å²) in [5.74, 6) is 3.83. The van der Waals surface area contributed by atoms with Crippen LogP contribution in [0.2, 0.25) is 0 Å². The molecule has 0 radical (unpaired) electrons. The number of fused-ring (bicyclic) bond motifs is 2. The van der Waals surface area contributed by atoms with Crippen molar-refractivity contribution in [3.05, 3.63) is 71.8 Å². The maximum absolute atomic E-state index is 2.43. The Bertz CT molecular complexity index is 644. The van der Waals surface area contributed by atoms with Gasteiger partial charge in [0.15, 0.2) is 0 Å². The largest absolute Gasteiger partial charge is 0.0622 e. The highest BCUT2D eigenvalue weighted by Gasteiger charge is 2.88. The average molecular weight is 286 g/mol. The van der Waals surface area contributed by atoms with Crippen LogP contribution in [0, 0.1) is 23.7 Å². The lowest BCUT2D eigenvalue weighted by Crippen LogP contribution is -2.80. The molecule has 4 fully saturated rings. The van der Waals surface area contributed by atoms with Gasteiger partial charge in [-0.3, -0.25) is 0 Å². The van der Waals surface area contributed by atoms with E-state index in [0.29, 0.717) is 10.8 Å². The van der Waals surface area contributed by atoms with Gasteiger partial charge in [0, 0.05) is 10.8 Å². The van der Waals surface area contributed by atoms with Gasteiger partial charge in [-0.1, -0.05) is 60.7 Å². The molecule has 110 valence electrons. The van der Waals surface area contributed by atoms with E-state index in [0.717, 1.165) is 23.7 Å². The Kier molecular flexibility index (Phi) is 1.99. The molecule has 22 heavy (non-hydrogen) atoms. The molecule has 0 N–H and O–H groups in total. The Balaban J connectivity index is 1.63. The van der Waals surface area contributed by atoms with Crippen LogP contribution in [0.3, 0.4) is 0 Å². The Morgan fingerprint density at radius 1 is 0.500 bits per heavy atom. The van der Waals surface area contributed by atoms with E-state index in [9.17, 15) is 0 Å². The van der Waals surface area contributed by atoms with Crippen LogP contribution in [0.5, 0.6) is 0 Å². The van der Waals surface area contributed by atoms with Gasteiger partial charge in [0.05, 0.1) is 0 Å². The van der Waals surface area contributed by atoms with E-state index in [1.807, 2.05) is 0 Å². The first-order chi connectivity index (χ1) is 10.9. The van der Waals surface area contributed by atoms with E-state index < -0.39 is 0 Å². The van der Waals surface area contributed by atoms with E-state index in [4.69, 9.17) is 0 Å². The van der Waals surface area contributed by atoms with Crippen LogP contribution in [0.25, 0.3) is 0 Å². The number of hydrogen-bond donors (Lipinski definition) is 0. The van der Waals surface area contributed by atoms with Crippen molar-refractivity contribution in [1.29, 1.82) is 0 Å². The molecule has 6 rings (SSSR count). The van der Waals surface area contributed by atoms with Gasteiger partial charge in [-0.25, -0.2) is 0 Å². The molecular weight excluding hydrogens is 264 g/mol. The Labute approximate surface area is 132 Å². The van der Waals surface area contributed by atoms with Crippen molar-refractivity contribution in [3.8, 4) is 0 Å². The second-order valence-corrected chi connectivity index (χ2v) is 8.05. The molecule has 2 unspecified atom stereocenters. The van der Waals surface area contributed by atoms with E-state index >= 15 is 0 Å². The lowest BCUT2D eigenvalue weighted by molar-refractivity contribution is -0.195. The molecule has 0 nitrogen and oxygen atoms in total. The minimum Gasteiger partial charge on any atom is -0.0622 e. The normalized spacial score (nSPS) is 46.7. The average Bonchev–Trinajstić information content (AvgIpc) is 2.87. The van der Waals surface area contributed by atoms with Crippen molar-refractivity contribution >= 4 is 0 Å². The molecule has 0 heteroatoms. The lowest BCUT2D eigenvalue weighted by atomic mass is 9.24. The minimum atomic E-state index is 0.488. The molecule has 2 aromatic carbocycles. The molecule has 4 saturated carbocycles. The van der Waals surface area contributed by atoms with Crippen LogP contribution in [-0.2, 0) is 10.8 Å². The fourth-order valence-corrected chi connectivity index (χ4v) is 8.05. The summed E-state index contributed by atoms with van der Waals surface area (Å²) in [6, 6.07) is 23.1. The zero-order chi connectivity index (χ0) is 14.4. The van der Waals surface area contributed by atoms with Crippen molar-refractivity contribution in [2.75, 3.05) is 0 Å². The second kappa shape index (κ2) is 3.67. The van der Waals surface area contributed by atoms with Gasteiger partial charge in [0.1, 0.15) is 0 Å². The van der Waals surface area contributed by atoms with Crippen LogP contribution in [-0.4, -0.2) is 0 Å². The first-order valence-corrected chi connectivity index (χ1v) is 9.03. The maximum Gasteiger partial charge on any atom is 0.0118 e. The summed E-state index contributed by atoms with van der Waals surface area (Å²) in [4.78, 5) is 0. The number of benzene rings is 2. The highest BCUT2D eigenvalue weighted by Crippen LogP contribution is 2.89. The van der Waals surface area contributed by atoms with Crippen molar-refractivity contribution < 1.29 is 0 Å². The van der Waals surface area contributed by atoms with Crippen molar-refractivity contribution in [2.45, 2.75) is 36.5 Å². The predicted molar refractivity (Wildman–Crippen MR) is 88.7 cm³/mol. The van der Waals surface area contributed by atoms with E-state index in [-0.39, 0.29) is 0 Å². The third-order valence-corrected chi connectivity index (χ3v) is 8.08. The standard InChI is InChI=1S/C22H22/c1-3-7-15(8-4-1)21-17-11-12-18(21)20-14-13-19(17)22(20,21)16-9-5-2-6-10-16/h1-10,17-20H,11-14H2/t17-,18-,19-,20+,21?,22?/m0/s1. The molecule has 0 bridgehead atoms. The summed E-state index contributed by atoms with van der Waals surface area (Å²) < 4.78 is 0. The van der Waals surface area contributed by atoms with Gasteiger partial charge >= 0.3 is 0 Å². The van der Waals surface area contributed by atoms with Crippen LogP contribution < -0.4 is 0 Å². The van der Waals surface area contributed by atoms with E-state index in [1.54, 1.807) is 11.1 Å². The lowest BCUT2D eigenvalue weighted by Gasteiger charge is -2.78. The summed E-state index contributed by atoms with van der Waals surface area (Å²) in [6.07, 6.45) is 5.93. The Hall–Kier alpha value is -1.56. The molecule has 4 aliphatic rings. The quantitative estimate of drug-likeness (QED) is 0.733. The van der Waals surface area contributed by atoms with Gasteiger partial charge in [-0.05, 0) is 60.5 Å². The molecule has 0 aromatic heterocycles. The molecule has 0 amide bonds. The van der Waals surface area contributed by atoms with Gasteiger partial charge in [0.2, 0.25) is 0 Å². The SMILES string of the molecule is c1ccc(C23[C@@H]4CC[C@H]2[C@@H]2CC[C@@H]4C23c2ccccc2)cc1. The van der Waals surface area contributed by atoms with Gasteiger partial charge in [-0.15, -0.1) is 0 Å². The predicted octanol–water partition coefficient (Wildman–Crippen LogP) is 4.94. The zero-order valence-corrected chi connectivity index (χ0v) is 12.9. The van der Waals surface area contributed by atoms with Crippen molar-refractivity contribution in [1.82, 2.24) is 0 Å². The summed E-state index contributed by atoms with van der Waals surface area (Å²) >= 11 is 0. The summed E-state index contributed by atoms with van der Waals surface area (Å²) in [5, 5.41) is 0. The van der Waals surface area contributed by atoms with Crippen LogP contribution in [0.15, 0.2) is 60.7 Å².